The molecule has 3 aliphatic carbocycles. The van der Waals surface area contributed by atoms with Gasteiger partial charge in [0.25, 0.3) is 0 Å². The molecule has 0 N–H and O–H groups in total. The van der Waals surface area contributed by atoms with Gasteiger partial charge in [0.15, 0.2) is 10.8 Å². The zero-order valence-corrected chi connectivity index (χ0v) is 18.7. The van der Waals surface area contributed by atoms with E-state index in [-0.39, 0.29) is 37.0 Å². The summed E-state index contributed by atoms with van der Waals surface area (Å²) in [7, 11) is 4.92. The fraction of sp³-hybridized carbons (Fsp3) is 0.652. The van der Waals surface area contributed by atoms with E-state index in [2.05, 4.69) is 13.2 Å². The monoisotopic (exact) mass is 434 g/mol. The second-order valence-electron chi connectivity index (χ2n) is 8.95. The third-order valence-corrected chi connectivity index (χ3v) is 7.90. The number of methoxy groups -OCH3 is 4. The van der Waals surface area contributed by atoms with Crippen molar-refractivity contribution in [2.24, 2.45) is 40.4 Å². The van der Waals surface area contributed by atoms with Crippen LogP contribution in [0, 0.1) is 40.4 Å². The van der Waals surface area contributed by atoms with Crippen molar-refractivity contribution < 1.29 is 38.1 Å². The predicted molar refractivity (Wildman–Crippen MR) is 108 cm³/mol. The van der Waals surface area contributed by atoms with Crippen LogP contribution in [0.3, 0.4) is 0 Å². The highest BCUT2D eigenvalue weighted by Crippen LogP contribution is 2.71. The Labute approximate surface area is 181 Å². The molecule has 0 aromatic heterocycles. The van der Waals surface area contributed by atoms with Crippen LogP contribution < -0.4 is 0 Å². The minimum Gasteiger partial charge on any atom is -0.468 e. The molecule has 0 unspecified atom stereocenters. The molecule has 3 fully saturated rings. The molecule has 31 heavy (non-hydrogen) atoms. The molecule has 5 atom stereocenters. The largest absolute Gasteiger partial charge is 0.468 e. The Bertz CT molecular complexity index is 824. The minimum absolute atomic E-state index is 0.108. The molecule has 0 spiro atoms. The molecule has 3 aliphatic rings. The molecule has 3 rings (SSSR count). The molecule has 0 amide bonds. The molecule has 0 bridgehead atoms. The van der Waals surface area contributed by atoms with Crippen LogP contribution in [0.5, 0.6) is 0 Å². The summed E-state index contributed by atoms with van der Waals surface area (Å²) in [4.78, 5) is 51.9. The summed E-state index contributed by atoms with van der Waals surface area (Å²) in [6.45, 7) is 10.1. The van der Waals surface area contributed by atoms with Gasteiger partial charge in [-0.15, -0.1) is 0 Å². The molecular weight excluding hydrogens is 404 g/mol. The first-order chi connectivity index (χ1) is 14.6. The van der Waals surface area contributed by atoms with E-state index in [1.165, 1.54) is 28.4 Å². The van der Waals surface area contributed by atoms with Gasteiger partial charge in [-0.1, -0.05) is 24.3 Å². The summed E-state index contributed by atoms with van der Waals surface area (Å²) in [5.74, 6) is -4.47. The Morgan fingerprint density at radius 1 is 0.839 bits per heavy atom. The van der Waals surface area contributed by atoms with Gasteiger partial charge in [0.1, 0.15) is 0 Å². The highest BCUT2D eigenvalue weighted by Gasteiger charge is 2.75. The number of ether oxygens (including phenoxy) is 4. The zero-order valence-electron chi connectivity index (χ0n) is 18.7. The van der Waals surface area contributed by atoms with Crippen molar-refractivity contribution in [3.8, 4) is 0 Å². The Kier molecular flexibility index (Phi) is 5.80. The minimum atomic E-state index is -1.56. The Morgan fingerprint density at radius 2 is 1.29 bits per heavy atom. The first kappa shape index (κ1) is 23.0. The first-order valence-electron chi connectivity index (χ1n) is 10.2. The van der Waals surface area contributed by atoms with E-state index in [9.17, 15) is 19.2 Å². The highest BCUT2D eigenvalue weighted by molar-refractivity contribution is 6.03. The summed E-state index contributed by atoms with van der Waals surface area (Å²) in [5.41, 5.74) is -1.58. The van der Waals surface area contributed by atoms with Gasteiger partial charge in [0.2, 0.25) is 0 Å². The Hall–Kier alpha value is -2.64. The van der Waals surface area contributed by atoms with Gasteiger partial charge in [-0.05, 0) is 55.8 Å². The molecule has 0 aliphatic heterocycles. The molecule has 170 valence electrons. The van der Waals surface area contributed by atoms with E-state index in [1.807, 2.05) is 6.92 Å². The van der Waals surface area contributed by atoms with Crippen LogP contribution in [0.2, 0.25) is 0 Å². The molecule has 0 aromatic carbocycles. The summed E-state index contributed by atoms with van der Waals surface area (Å²) < 4.78 is 20.2. The molecule has 0 aromatic rings. The van der Waals surface area contributed by atoms with E-state index in [4.69, 9.17) is 18.9 Å². The lowest BCUT2D eigenvalue weighted by Gasteiger charge is -2.33. The third-order valence-electron chi connectivity index (χ3n) is 7.90. The standard InChI is InChI=1S/C23H30O8/c1-11(2)13-10-23(20(26)30-6,21(27)31-7)15-8-14-16(17(13)15)12(3)9-22(14,18(24)28-4)19(25)29-5/h13-17H,1,3,8-10H2,2,4-7H3/t13-,14+,15-,16+,17-/m0/s1. The van der Waals surface area contributed by atoms with Gasteiger partial charge in [0, 0.05) is 0 Å². The smallest absolute Gasteiger partial charge is 0.323 e. The Balaban J connectivity index is 2.21. The topological polar surface area (TPSA) is 105 Å². The van der Waals surface area contributed by atoms with Crippen molar-refractivity contribution in [2.45, 2.75) is 26.2 Å². The van der Waals surface area contributed by atoms with E-state index in [0.717, 1.165) is 5.57 Å². The van der Waals surface area contributed by atoms with Gasteiger partial charge in [0.05, 0.1) is 28.4 Å². The van der Waals surface area contributed by atoms with Gasteiger partial charge in [-0.3, -0.25) is 19.2 Å². The van der Waals surface area contributed by atoms with E-state index in [0.29, 0.717) is 5.57 Å². The van der Waals surface area contributed by atoms with Crippen molar-refractivity contribution in [2.75, 3.05) is 28.4 Å². The lowest BCUT2D eigenvalue weighted by molar-refractivity contribution is -0.173. The van der Waals surface area contributed by atoms with Crippen molar-refractivity contribution >= 4 is 23.9 Å². The lowest BCUT2D eigenvalue weighted by atomic mass is 9.70. The zero-order chi connectivity index (χ0) is 23.3. The van der Waals surface area contributed by atoms with Gasteiger partial charge in [-0.2, -0.15) is 0 Å². The molecule has 3 saturated carbocycles. The summed E-state index contributed by atoms with van der Waals surface area (Å²) in [6.07, 6.45) is 0.570. The van der Waals surface area contributed by atoms with E-state index >= 15 is 0 Å². The number of hydrogen-bond acceptors (Lipinski definition) is 8. The normalized spacial score (nSPS) is 31.9. The van der Waals surface area contributed by atoms with Crippen molar-refractivity contribution in [1.82, 2.24) is 0 Å². The number of fused-ring (bicyclic) bond motifs is 3. The second kappa shape index (κ2) is 7.80. The van der Waals surface area contributed by atoms with E-state index in [1.54, 1.807) is 0 Å². The molecule has 0 saturated heterocycles. The predicted octanol–water partition coefficient (Wildman–Crippen LogP) is 2.08. The van der Waals surface area contributed by atoms with Crippen LogP contribution in [0.25, 0.3) is 0 Å². The number of esters is 4. The SMILES string of the molecule is C=C1CC(C(=O)OC)(C(=O)OC)[C@@H]2C[C@H]3[C@@H]([C@H]12)[C@H](C(=C)C)CC3(C(=O)OC)C(=O)OC. The highest BCUT2D eigenvalue weighted by atomic mass is 16.6. The summed E-state index contributed by atoms with van der Waals surface area (Å²) >= 11 is 0. The average molecular weight is 434 g/mol. The van der Waals surface area contributed by atoms with Crippen LogP contribution in [0.15, 0.2) is 24.3 Å². The average Bonchev–Trinajstić information content (AvgIpc) is 3.39. The fourth-order valence-electron chi connectivity index (χ4n) is 6.78. The van der Waals surface area contributed by atoms with Gasteiger partial charge in [-0.25, -0.2) is 0 Å². The Morgan fingerprint density at radius 3 is 1.71 bits per heavy atom. The molecule has 0 heterocycles. The van der Waals surface area contributed by atoms with Crippen LogP contribution in [-0.2, 0) is 38.1 Å². The first-order valence-corrected chi connectivity index (χ1v) is 10.2. The number of allylic oxidation sites excluding steroid dienone is 2. The maximum atomic E-state index is 13.0. The van der Waals surface area contributed by atoms with Crippen LogP contribution in [0.1, 0.15) is 26.2 Å². The molecule has 0 radical (unpaired) electrons. The maximum Gasteiger partial charge on any atom is 0.323 e. The number of hydrogen-bond donors (Lipinski definition) is 0. The van der Waals surface area contributed by atoms with Gasteiger partial charge >= 0.3 is 23.9 Å². The molecular formula is C23H30O8. The van der Waals surface area contributed by atoms with E-state index < -0.39 is 46.5 Å². The van der Waals surface area contributed by atoms with Gasteiger partial charge < -0.3 is 18.9 Å². The fourth-order valence-corrected chi connectivity index (χ4v) is 6.78. The number of carbonyl (C=O) groups excluding carboxylic acids is 4. The summed E-state index contributed by atoms with van der Waals surface area (Å²) in [5, 5.41) is 0. The molecule has 8 nitrogen and oxygen atoms in total. The van der Waals surface area contributed by atoms with Crippen LogP contribution in [-0.4, -0.2) is 52.3 Å². The number of carbonyl (C=O) groups is 4. The van der Waals surface area contributed by atoms with Crippen LogP contribution in [0.4, 0.5) is 0 Å². The lowest BCUT2D eigenvalue weighted by Crippen LogP contribution is -2.47. The van der Waals surface area contributed by atoms with Crippen molar-refractivity contribution in [3.63, 3.8) is 0 Å². The molecule has 8 heteroatoms. The quantitative estimate of drug-likeness (QED) is 0.280. The summed E-state index contributed by atoms with van der Waals surface area (Å²) in [6, 6.07) is 0. The number of rotatable bonds is 5. The second-order valence-corrected chi connectivity index (χ2v) is 8.95. The third kappa shape index (κ3) is 2.79. The van der Waals surface area contributed by atoms with Crippen molar-refractivity contribution in [1.29, 1.82) is 0 Å². The van der Waals surface area contributed by atoms with Crippen molar-refractivity contribution in [3.05, 3.63) is 24.3 Å². The maximum absolute atomic E-state index is 13.0. The van der Waals surface area contributed by atoms with Crippen LogP contribution >= 0.6 is 0 Å².